The highest BCUT2D eigenvalue weighted by molar-refractivity contribution is 5.32. The minimum Gasteiger partial charge on any atom is -0.497 e. The lowest BCUT2D eigenvalue weighted by Crippen LogP contribution is -2.41. The van der Waals surface area contributed by atoms with E-state index in [-0.39, 0.29) is 0 Å². The molecule has 0 aromatic heterocycles. The molecular formula is C13H18FNO2. The van der Waals surface area contributed by atoms with Gasteiger partial charge in [0.15, 0.2) is 0 Å². The second-order valence-corrected chi connectivity index (χ2v) is 4.68. The molecule has 94 valence electrons. The molecule has 1 fully saturated rings. The van der Waals surface area contributed by atoms with Crippen molar-refractivity contribution in [1.29, 1.82) is 0 Å². The first-order valence-corrected chi connectivity index (χ1v) is 5.80. The predicted octanol–water partition coefficient (Wildman–Crippen LogP) is 1.75. The van der Waals surface area contributed by atoms with E-state index in [0.29, 0.717) is 24.2 Å². The van der Waals surface area contributed by atoms with Gasteiger partial charge in [-0.05, 0) is 32.0 Å². The van der Waals surface area contributed by atoms with Gasteiger partial charge in [0.1, 0.15) is 11.6 Å². The third-order valence-electron chi connectivity index (χ3n) is 3.49. The van der Waals surface area contributed by atoms with Crippen LogP contribution in [0.2, 0.25) is 0 Å². The average Bonchev–Trinajstić information content (AvgIpc) is 2.33. The largest absolute Gasteiger partial charge is 0.497 e. The van der Waals surface area contributed by atoms with Crippen molar-refractivity contribution in [3.8, 4) is 5.75 Å². The van der Waals surface area contributed by atoms with Crippen LogP contribution in [-0.2, 0) is 5.60 Å². The first-order valence-electron chi connectivity index (χ1n) is 5.80. The second-order valence-electron chi connectivity index (χ2n) is 4.68. The van der Waals surface area contributed by atoms with E-state index in [9.17, 15) is 9.50 Å². The zero-order chi connectivity index (χ0) is 12.5. The average molecular weight is 239 g/mol. The standard InChI is InChI=1S/C13H18FNO2/c1-15-7-5-13(16,6-8-15)11-4-3-10(17-2)9-12(11)14/h3-4,9,16H,5-8H2,1-2H3. The highest BCUT2D eigenvalue weighted by Gasteiger charge is 2.35. The third kappa shape index (κ3) is 2.42. The summed E-state index contributed by atoms with van der Waals surface area (Å²) in [7, 11) is 3.50. The number of nitrogens with zero attached hydrogens (tertiary/aromatic N) is 1. The SMILES string of the molecule is COc1ccc(C2(O)CCN(C)CC2)c(F)c1. The van der Waals surface area contributed by atoms with E-state index in [0.717, 1.165) is 13.1 Å². The van der Waals surface area contributed by atoms with Crippen molar-refractivity contribution in [3.05, 3.63) is 29.6 Å². The van der Waals surface area contributed by atoms with Gasteiger partial charge in [-0.1, -0.05) is 0 Å². The molecule has 0 radical (unpaired) electrons. The van der Waals surface area contributed by atoms with E-state index in [4.69, 9.17) is 4.74 Å². The van der Waals surface area contributed by atoms with Crippen LogP contribution in [0.4, 0.5) is 4.39 Å². The summed E-state index contributed by atoms with van der Waals surface area (Å²) in [4.78, 5) is 2.13. The van der Waals surface area contributed by atoms with Crippen LogP contribution in [0, 0.1) is 5.82 Å². The Morgan fingerprint density at radius 2 is 2.00 bits per heavy atom. The van der Waals surface area contributed by atoms with Crippen molar-refractivity contribution < 1.29 is 14.2 Å². The van der Waals surface area contributed by atoms with Crippen LogP contribution in [0.25, 0.3) is 0 Å². The molecule has 2 rings (SSSR count). The van der Waals surface area contributed by atoms with Crippen LogP contribution in [0.1, 0.15) is 18.4 Å². The van der Waals surface area contributed by atoms with Gasteiger partial charge in [-0.2, -0.15) is 0 Å². The fourth-order valence-electron chi connectivity index (χ4n) is 2.26. The number of ether oxygens (including phenoxy) is 1. The highest BCUT2D eigenvalue weighted by Crippen LogP contribution is 2.35. The summed E-state index contributed by atoms with van der Waals surface area (Å²) in [5.74, 6) is 0.0826. The number of piperidine rings is 1. The van der Waals surface area contributed by atoms with Gasteiger partial charge in [-0.25, -0.2) is 4.39 Å². The van der Waals surface area contributed by atoms with Gasteiger partial charge in [0.05, 0.1) is 12.7 Å². The van der Waals surface area contributed by atoms with Crippen molar-refractivity contribution in [1.82, 2.24) is 4.90 Å². The quantitative estimate of drug-likeness (QED) is 0.853. The zero-order valence-electron chi connectivity index (χ0n) is 10.2. The van der Waals surface area contributed by atoms with Crippen molar-refractivity contribution in [3.63, 3.8) is 0 Å². The second kappa shape index (κ2) is 4.63. The Bertz CT molecular complexity index is 400. The molecule has 1 aromatic rings. The van der Waals surface area contributed by atoms with E-state index < -0.39 is 11.4 Å². The third-order valence-corrected chi connectivity index (χ3v) is 3.49. The topological polar surface area (TPSA) is 32.7 Å². The van der Waals surface area contributed by atoms with Crippen molar-refractivity contribution in [2.24, 2.45) is 0 Å². The lowest BCUT2D eigenvalue weighted by Gasteiger charge is -2.37. The molecule has 1 N–H and O–H groups in total. The summed E-state index contributed by atoms with van der Waals surface area (Å²) in [6.45, 7) is 1.56. The Kier molecular flexibility index (Phi) is 3.35. The maximum Gasteiger partial charge on any atom is 0.132 e. The molecule has 0 unspecified atom stereocenters. The molecule has 0 aliphatic carbocycles. The number of aliphatic hydroxyl groups is 1. The Labute approximate surface area is 101 Å². The van der Waals surface area contributed by atoms with Crippen LogP contribution >= 0.6 is 0 Å². The molecule has 1 heterocycles. The highest BCUT2D eigenvalue weighted by atomic mass is 19.1. The molecule has 0 amide bonds. The normalized spacial score (nSPS) is 20.2. The minimum atomic E-state index is -1.04. The van der Waals surface area contributed by atoms with E-state index in [2.05, 4.69) is 4.90 Å². The zero-order valence-corrected chi connectivity index (χ0v) is 10.2. The summed E-state index contributed by atoms with van der Waals surface area (Å²) in [5, 5.41) is 10.5. The number of methoxy groups -OCH3 is 1. The smallest absolute Gasteiger partial charge is 0.132 e. The Morgan fingerprint density at radius 3 is 2.53 bits per heavy atom. The van der Waals surface area contributed by atoms with Crippen LogP contribution in [0.5, 0.6) is 5.75 Å². The molecule has 0 bridgehead atoms. The molecule has 1 aliphatic rings. The monoisotopic (exact) mass is 239 g/mol. The number of halogens is 1. The minimum absolute atomic E-state index is 0.381. The summed E-state index contributed by atoms with van der Waals surface area (Å²) >= 11 is 0. The number of rotatable bonds is 2. The van der Waals surface area contributed by atoms with Crippen molar-refractivity contribution >= 4 is 0 Å². The van der Waals surface area contributed by atoms with Crippen molar-refractivity contribution in [2.75, 3.05) is 27.2 Å². The maximum atomic E-state index is 13.9. The van der Waals surface area contributed by atoms with Gasteiger partial charge in [-0.3, -0.25) is 0 Å². The molecule has 1 aliphatic heterocycles. The molecule has 3 nitrogen and oxygen atoms in total. The molecule has 17 heavy (non-hydrogen) atoms. The first-order chi connectivity index (χ1) is 8.05. The fraction of sp³-hybridized carbons (Fsp3) is 0.538. The lowest BCUT2D eigenvalue weighted by atomic mass is 9.84. The van der Waals surface area contributed by atoms with E-state index >= 15 is 0 Å². The van der Waals surface area contributed by atoms with Crippen molar-refractivity contribution in [2.45, 2.75) is 18.4 Å². The Morgan fingerprint density at radius 1 is 1.35 bits per heavy atom. The summed E-state index contributed by atoms with van der Waals surface area (Å²) < 4.78 is 18.9. The number of benzene rings is 1. The molecule has 4 heteroatoms. The fourth-order valence-corrected chi connectivity index (χ4v) is 2.26. The summed E-state index contributed by atoms with van der Waals surface area (Å²) in [5.41, 5.74) is -0.658. The number of hydrogen-bond acceptors (Lipinski definition) is 3. The van der Waals surface area contributed by atoms with Crippen LogP contribution in [0.15, 0.2) is 18.2 Å². The van der Waals surface area contributed by atoms with Crippen LogP contribution < -0.4 is 4.74 Å². The Hall–Kier alpha value is -1.13. The molecule has 0 saturated carbocycles. The molecule has 1 saturated heterocycles. The van der Waals surface area contributed by atoms with Gasteiger partial charge in [-0.15, -0.1) is 0 Å². The van der Waals surface area contributed by atoms with E-state index in [1.54, 1.807) is 12.1 Å². The maximum absolute atomic E-state index is 13.9. The van der Waals surface area contributed by atoms with E-state index in [1.807, 2.05) is 7.05 Å². The Balaban J connectivity index is 2.27. The number of likely N-dealkylation sites (tertiary alicyclic amines) is 1. The summed E-state index contributed by atoms with van der Waals surface area (Å²) in [6.07, 6.45) is 1.12. The molecular weight excluding hydrogens is 221 g/mol. The number of hydrogen-bond donors (Lipinski definition) is 1. The van der Waals surface area contributed by atoms with Gasteiger partial charge in [0.2, 0.25) is 0 Å². The molecule has 1 aromatic carbocycles. The molecule has 0 spiro atoms. The predicted molar refractivity (Wildman–Crippen MR) is 63.6 cm³/mol. The van der Waals surface area contributed by atoms with Gasteiger partial charge < -0.3 is 14.7 Å². The first kappa shape index (κ1) is 12.3. The van der Waals surface area contributed by atoms with E-state index in [1.165, 1.54) is 13.2 Å². The van der Waals surface area contributed by atoms with Gasteiger partial charge >= 0.3 is 0 Å². The molecule has 0 atom stereocenters. The summed E-state index contributed by atoms with van der Waals surface area (Å²) in [6, 6.07) is 4.64. The van der Waals surface area contributed by atoms with Gasteiger partial charge in [0.25, 0.3) is 0 Å². The van der Waals surface area contributed by atoms with Crippen LogP contribution in [-0.4, -0.2) is 37.3 Å². The van der Waals surface area contributed by atoms with Crippen LogP contribution in [0.3, 0.4) is 0 Å². The van der Waals surface area contributed by atoms with Gasteiger partial charge in [0, 0.05) is 24.7 Å². The lowest BCUT2D eigenvalue weighted by molar-refractivity contribution is -0.0230.